The second-order valence-electron chi connectivity index (χ2n) is 3.78. The van der Waals surface area contributed by atoms with Crippen molar-refractivity contribution in [2.45, 2.75) is 20.1 Å². The van der Waals surface area contributed by atoms with Gasteiger partial charge in [0.2, 0.25) is 0 Å². The van der Waals surface area contributed by atoms with Crippen LogP contribution < -0.4 is 0 Å². The van der Waals surface area contributed by atoms with Crippen LogP contribution in [0.25, 0.3) is 0 Å². The highest BCUT2D eigenvalue weighted by atomic mass is 19.1. The van der Waals surface area contributed by atoms with E-state index < -0.39 is 0 Å². The van der Waals surface area contributed by atoms with Crippen LogP contribution in [0.2, 0.25) is 0 Å². The van der Waals surface area contributed by atoms with Gasteiger partial charge in [0, 0.05) is 11.8 Å². The van der Waals surface area contributed by atoms with E-state index in [0.717, 1.165) is 16.7 Å². The molecule has 0 saturated carbocycles. The number of aryl methyl sites for hydroxylation is 1. The van der Waals surface area contributed by atoms with Crippen LogP contribution in [-0.4, -0.2) is 14.9 Å². The zero-order chi connectivity index (χ0) is 11.5. The molecule has 0 amide bonds. The predicted molar refractivity (Wildman–Crippen MR) is 58.4 cm³/mol. The van der Waals surface area contributed by atoms with Crippen molar-refractivity contribution < 1.29 is 9.50 Å². The van der Waals surface area contributed by atoms with Gasteiger partial charge in [-0.05, 0) is 30.2 Å². The van der Waals surface area contributed by atoms with Gasteiger partial charge >= 0.3 is 0 Å². The molecule has 1 heterocycles. The van der Waals surface area contributed by atoms with E-state index in [1.54, 1.807) is 23.1 Å². The first-order valence-electron chi connectivity index (χ1n) is 5.06. The lowest BCUT2D eigenvalue weighted by Gasteiger charge is -2.05. The molecule has 0 spiro atoms. The van der Waals surface area contributed by atoms with Crippen LogP contribution in [0, 0.1) is 12.7 Å². The number of hydrogen-bond donors (Lipinski definition) is 1. The minimum Gasteiger partial charge on any atom is -0.392 e. The van der Waals surface area contributed by atoms with Gasteiger partial charge in [-0.2, -0.15) is 5.10 Å². The highest BCUT2D eigenvalue weighted by molar-refractivity contribution is 5.26. The van der Waals surface area contributed by atoms with E-state index >= 15 is 0 Å². The second kappa shape index (κ2) is 4.45. The Labute approximate surface area is 93.2 Å². The molecule has 16 heavy (non-hydrogen) atoms. The molecule has 0 saturated heterocycles. The normalized spacial score (nSPS) is 10.7. The van der Waals surface area contributed by atoms with Crippen LogP contribution in [0.3, 0.4) is 0 Å². The molecule has 0 aliphatic carbocycles. The van der Waals surface area contributed by atoms with E-state index in [2.05, 4.69) is 5.10 Å². The van der Waals surface area contributed by atoms with Crippen molar-refractivity contribution in [2.75, 3.05) is 0 Å². The second-order valence-corrected chi connectivity index (χ2v) is 3.78. The number of aromatic nitrogens is 2. The highest BCUT2D eigenvalue weighted by Gasteiger charge is 2.02. The van der Waals surface area contributed by atoms with Crippen LogP contribution in [0.5, 0.6) is 0 Å². The Hall–Kier alpha value is -1.68. The monoisotopic (exact) mass is 220 g/mol. The van der Waals surface area contributed by atoms with Crippen molar-refractivity contribution in [3.8, 4) is 0 Å². The first-order valence-corrected chi connectivity index (χ1v) is 5.06. The smallest absolute Gasteiger partial charge is 0.123 e. The van der Waals surface area contributed by atoms with E-state index in [1.807, 2.05) is 6.92 Å². The molecule has 2 rings (SSSR count). The zero-order valence-corrected chi connectivity index (χ0v) is 9.02. The maximum Gasteiger partial charge on any atom is 0.123 e. The molecule has 0 bridgehead atoms. The summed E-state index contributed by atoms with van der Waals surface area (Å²) in [5.41, 5.74) is 2.70. The Morgan fingerprint density at radius 1 is 1.44 bits per heavy atom. The summed E-state index contributed by atoms with van der Waals surface area (Å²) in [6, 6.07) is 4.70. The number of benzene rings is 1. The molecule has 0 aliphatic rings. The van der Waals surface area contributed by atoms with Crippen LogP contribution in [0.4, 0.5) is 4.39 Å². The summed E-state index contributed by atoms with van der Waals surface area (Å²) in [5.74, 6) is -0.224. The average Bonchev–Trinajstić information content (AvgIpc) is 2.70. The summed E-state index contributed by atoms with van der Waals surface area (Å²) in [4.78, 5) is 0. The minimum atomic E-state index is -0.224. The third-order valence-corrected chi connectivity index (χ3v) is 2.51. The fourth-order valence-electron chi connectivity index (χ4n) is 1.59. The lowest BCUT2D eigenvalue weighted by atomic mass is 10.1. The molecular formula is C12H13FN2O. The fourth-order valence-corrected chi connectivity index (χ4v) is 1.59. The van der Waals surface area contributed by atoms with Gasteiger partial charge in [0.25, 0.3) is 0 Å². The minimum absolute atomic E-state index is 0.0115. The summed E-state index contributed by atoms with van der Waals surface area (Å²) < 4.78 is 14.6. The van der Waals surface area contributed by atoms with Crippen LogP contribution >= 0.6 is 0 Å². The van der Waals surface area contributed by atoms with E-state index in [1.165, 1.54) is 12.1 Å². The van der Waals surface area contributed by atoms with E-state index in [9.17, 15) is 4.39 Å². The maximum absolute atomic E-state index is 12.9. The van der Waals surface area contributed by atoms with Gasteiger partial charge in [0.05, 0.1) is 19.3 Å². The average molecular weight is 220 g/mol. The van der Waals surface area contributed by atoms with Gasteiger partial charge in [-0.15, -0.1) is 0 Å². The Balaban J connectivity index is 2.20. The number of hydrogen-bond acceptors (Lipinski definition) is 2. The summed E-state index contributed by atoms with van der Waals surface area (Å²) >= 11 is 0. The van der Waals surface area contributed by atoms with Crippen molar-refractivity contribution in [1.29, 1.82) is 0 Å². The maximum atomic E-state index is 12.9. The zero-order valence-electron chi connectivity index (χ0n) is 9.02. The SMILES string of the molecule is Cc1cc(F)ccc1Cn1cc(CO)cn1. The Morgan fingerprint density at radius 3 is 2.88 bits per heavy atom. The standard InChI is InChI=1S/C12H13FN2O/c1-9-4-12(13)3-2-11(9)7-15-6-10(8-16)5-14-15/h2-6,16H,7-8H2,1H3. The molecule has 0 unspecified atom stereocenters. The van der Waals surface area contributed by atoms with Gasteiger partial charge in [-0.25, -0.2) is 4.39 Å². The van der Waals surface area contributed by atoms with Crippen molar-refractivity contribution in [3.05, 3.63) is 53.1 Å². The lowest BCUT2D eigenvalue weighted by molar-refractivity contribution is 0.281. The largest absolute Gasteiger partial charge is 0.392 e. The van der Waals surface area contributed by atoms with Crippen molar-refractivity contribution in [1.82, 2.24) is 9.78 Å². The Bertz CT molecular complexity index is 494. The quantitative estimate of drug-likeness (QED) is 0.857. The number of halogens is 1. The molecule has 0 aliphatic heterocycles. The van der Waals surface area contributed by atoms with Crippen molar-refractivity contribution >= 4 is 0 Å². The molecule has 4 heteroatoms. The third kappa shape index (κ3) is 2.28. The molecule has 1 aromatic heterocycles. The van der Waals surface area contributed by atoms with E-state index in [0.29, 0.717) is 6.54 Å². The van der Waals surface area contributed by atoms with Gasteiger partial charge in [0.15, 0.2) is 0 Å². The summed E-state index contributed by atoms with van der Waals surface area (Å²) in [6.07, 6.45) is 3.40. The topological polar surface area (TPSA) is 38.0 Å². The van der Waals surface area contributed by atoms with E-state index in [4.69, 9.17) is 5.11 Å². The van der Waals surface area contributed by atoms with Gasteiger partial charge in [-0.3, -0.25) is 4.68 Å². The fraction of sp³-hybridized carbons (Fsp3) is 0.250. The predicted octanol–water partition coefficient (Wildman–Crippen LogP) is 1.87. The lowest BCUT2D eigenvalue weighted by Crippen LogP contribution is -2.02. The number of rotatable bonds is 3. The van der Waals surface area contributed by atoms with Crippen molar-refractivity contribution in [3.63, 3.8) is 0 Å². The summed E-state index contributed by atoms with van der Waals surface area (Å²) in [6.45, 7) is 2.45. The van der Waals surface area contributed by atoms with Gasteiger partial charge in [-0.1, -0.05) is 6.07 Å². The van der Waals surface area contributed by atoms with E-state index in [-0.39, 0.29) is 12.4 Å². The first-order chi connectivity index (χ1) is 7.69. The first kappa shape index (κ1) is 10.8. The molecule has 2 aromatic rings. The number of nitrogens with zero attached hydrogens (tertiary/aromatic N) is 2. The highest BCUT2D eigenvalue weighted by Crippen LogP contribution is 2.11. The molecular weight excluding hydrogens is 207 g/mol. The summed E-state index contributed by atoms with van der Waals surface area (Å²) in [7, 11) is 0. The molecule has 0 fully saturated rings. The molecule has 0 radical (unpaired) electrons. The molecule has 1 N–H and O–H groups in total. The number of aliphatic hydroxyl groups excluding tert-OH is 1. The summed E-state index contributed by atoms with van der Waals surface area (Å²) in [5, 5.41) is 13.0. The molecule has 1 aromatic carbocycles. The van der Waals surface area contributed by atoms with Crippen LogP contribution in [0.15, 0.2) is 30.6 Å². The van der Waals surface area contributed by atoms with Crippen LogP contribution in [-0.2, 0) is 13.2 Å². The van der Waals surface area contributed by atoms with Crippen LogP contribution in [0.1, 0.15) is 16.7 Å². The van der Waals surface area contributed by atoms with Gasteiger partial charge in [0.1, 0.15) is 5.82 Å². The van der Waals surface area contributed by atoms with Gasteiger partial charge < -0.3 is 5.11 Å². The Kier molecular flexibility index (Phi) is 3.01. The Morgan fingerprint density at radius 2 is 2.25 bits per heavy atom. The van der Waals surface area contributed by atoms with Crippen molar-refractivity contribution in [2.24, 2.45) is 0 Å². The number of aliphatic hydroxyl groups is 1. The third-order valence-electron chi connectivity index (χ3n) is 2.51. The molecule has 3 nitrogen and oxygen atoms in total. The molecule has 84 valence electrons. The molecule has 0 atom stereocenters.